The number of aliphatic carboxylic acids is 1. The van der Waals surface area contributed by atoms with E-state index in [9.17, 15) is 9.59 Å². The summed E-state index contributed by atoms with van der Waals surface area (Å²) in [5, 5.41) is 16.9. The van der Waals surface area contributed by atoms with Crippen LogP contribution in [0.15, 0.2) is 33.2 Å². The fourth-order valence-corrected chi connectivity index (χ4v) is 0.630. The van der Waals surface area contributed by atoms with E-state index in [-0.39, 0.29) is 11.5 Å². The number of carboxylic acid groups (broad SMARTS) is 1. The molecule has 0 aliphatic rings. The molecule has 16 heavy (non-hydrogen) atoms. The van der Waals surface area contributed by atoms with Crippen LogP contribution in [-0.4, -0.2) is 16.2 Å². The van der Waals surface area contributed by atoms with Gasteiger partial charge in [-0.15, -0.1) is 0 Å². The predicted molar refractivity (Wildman–Crippen MR) is 58.4 cm³/mol. The monoisotopic (exact) mass is 226 g/mol. The van der Waals surface area contributed by atoms with Crippen molar-refractivity contribution in [2.75, 3.05) is 0 Å². The van der Waals surface area contributed by atoms with Crippen LogP contribution in [0.1, 0.15) is 19.6 Å². The molecule has 1 aromatic rings. The van der Waals surface area contributed by atoms with Crippen molar-refractivity contribution in [2.45, 2.75) is 20.8 Å². The zero-order valence-corrected chi connectivity index (χ0v) is 9.35. The van der Waals surface area contributed by atoms with Crippen LogP contribution in [0.4, 0.5) is 0 Å². The van der Waals surface area contributed by atoms with Crippen LogP contribution in [0.5, 0.6) is 5.75 Å². The maximum Gasteiger partial charge on any atom is 0.330 e. The Balaban J connectivity index is 0.000000293. The Morgan fingerprint density at radius 3 is 2.31 bits per heavy atom. The van der Waals surface area contributed by atoms with Gasteiger partial charge < -0.3 is 14.6 Å². The average molecular weight is 226 g/mol. The molecule has 88 valence electrons. The summed E-state index contributed by atoms with van der Waals surface area (Å²) in [6, 6.07) is 1.17. The van der Waals surface area contributed by atoms with Crippen molar-refractivity contribution >= 4 is 5.97 Å². The first-order valence-electron chi connectivity index (χ1n) is 4.53. The minimum atomic E-state index is -0.845. The summed E-state index contributed by atoms with van der Waals surface area (Å²) in [7, 11) is 0. The highest BCUT2D eigenvalue weighted by Crippen LogP contribution is 2.06. The van der Waals surface area contributed by atoms with Gasteiger partial charge in [0, 0.05) is 11.6 Å². The van der Waals surface area contributed by atoms with Gasteiger partial charge in [-0.25, -0.2) is 4.79 Å². The Bertz CT molecular complexity index is 442. The van der Waals surface area contributed by atoms with Gasteiger partial charge in [0.25, 0.3) is 0 Å². The number of allylic oxidation sites excluding steroid dienone is 1. The van der Waals surface area contributed by atoms with E-state index in [0.29, 0.717) is 5.57 Å². The third kappa shape index (κ3) is 4.45. The Morgan fingerprint density at radius 2 is 2.06 bits per heavy atom. The highest BCUT2D eigenvalue weighted by Gasteiger charge is 1.98. The van der Waals surface area contributed by atoms with Gasteiger partial charge in [-0.1, -0.05) is 6.08 Å². The van der Waals surface area contributed by atoms with E-state index in [0.717, 1.165) is 0 Å². The van der Waals surface area contributed by atoms with Gasteiger partial charge in [-0.3, -0.25) is 4.79 Å². The lowest BCUT2D eigenvalue weighted by atomic mass is 10.3. The van der Waals surface area contributed by atoms with Crippen LogP contribution in [0.3, 0.4) is 0 Å². The normalized spacial score (nSPS) is 10.3. The van der Waals surface area contributed by atoms with Crippen LogP contribution in [0.25, 0.3) is 0 Å². The van der Waals surface area contributed by atoms with E-state index in [1.165, 1.54) is 19.3 Å². The van der Waals surface area contributed by atoms with Crippen LogP contribution >= 0.6 is 0 Å². The molecule has 0 atom stereocenters. The SMILES string of the molecule is CC=C(C)C(=O)O.Cc1occc(=O)c1O. The maximum absolute atomic E-state index is 10.5. The van der Waals surface area contributed by atoms with Gasteiger partial charge in [-0.2, -0.15) is 0 Å². The lowest BCUT2D eigenvalue weighted by Crippen LogP contribution is -1.97. The highest BCUT2D eigenvalue weighted by atomic mass is 16.4. The first-order chi connectivity index (χ1) is 7.40. The molecule has 2 N–H and O–H groups in total. The second-order valence-electron chi connectivity index (χ2n) is 2.97. The molecule has 0 aliphatic carbocycles. The number of carboxylic acids is 1. The van der Waals surface area contributed by atoms with Gasteiger partial charge in [0.1, 0.15) is 5.76 Å². The topological polar surface area (TPSA) is 87.7 Å². The van der Waals surface area contributed by atoms with Crippen LogP contribution < -0.4 is 5.43 Å². The zero-order chi connectivity index (χ0) is 12.7. The van der Waals surface area contributed by atoms with Gasteiger partial charge in [-0.05, 0) is 20.8 Å². The van der Waals surface area contributed by atoms with Gasteiger partial charge in [0.15, 0.2) is 0 Å². The minimum absolute atomic E-state index is 0.252. The van der Waals surface area contributed by atoms with Gasteiger partial charge in [0.2, 0.25) is 11.2 Å². The molecule has 0 saturated carbocycles. The molecule has 1 rings (SSSR count). The van der Waals surface area contributed by atoms with Crippen molar-refractivity contribution in [3.63, 3.8) is 0 Å². The van der Waals surface area contributed by atoms with E-state index >= 15 is 0 Å². The molecule has 0 unspecified atom stereocenters. The number of hydrogen-bond acceptors (Lipinski definition) is 4. The smallest absolute Gasteiger partial charge is 0.330 e. The molecule has 5 nitrogen and oxygen atoms in total. The number of aryl methyl sites for hydroxylation is 1. The molecular weight excluding hydrogens is 212 g/mol. The summed E-state index contributed by atoms with van der Waals surface area (Å²) in [6.45, 7) is 4.78. The zero-order valence-electron chi connectivity index (χ0n) is 9.35. The quantitative estimate of drug-likeness (QED) is 0.711. The molecular formula is C11H14O5. The van der Waals surface area contributed by atoms with E-state index in [4.69, 9.17) is 10.2 Å². The van der Waals surface area contributed by atoms with Crippen LogP contribution in [-0.2, 0) is 4.79 Å². The van der Waals surface area contributed by atoms with Gasteiger partial charge >= 0.3 is 5.97 Å². The largest absolute Gasteiger partial charge is 0.502 e. The molecule has 0 amide bonds. The van der Waals surface area contributed by atoms with E-state index in [2.05, 4.69) is 4.42 Å². The predicted octanol–water partition coefficient (Wildman–Crippen LogP) is 1.69. The molecule has 0 saturated heterocycles. The maximum atomic E-state index is 10.5. The van der Waals surface area contributed by atoms with Crippen molar-refractivity contribution in [1.82, 2.24) is 0 Å². The van der Waals surface area contributed by atoms with Crippen molar-refractivity contribution in [3.8, 4) is 5.75 Å². The van der Waals surface area contributed by atoms with Crippen molar-refractivity contribution in [1.29, 1.82) is 0 Å². The molecule has 0 spiro atoms. The van der Waals surface area contributed by atoms with E-state index < -0.39 is 11.4 Å². The Kier molecular flexibility index (Phi) is 5.62. The number of carbonyl (C=O) groups is 1. The first kappa shape index (κ1) is 14.0. The van der Waals surface area contributed by atoms with Crippen molar-refractivity contribution < 1.29 is 19.4 Å². The van der Waals surface area contributed by atoms with Crippen LogP contribution in [0.2, 0.25) is 0 Å². The molecule has 0 radical (unpaired) electrons. The van der Waals surface area contributed by atoms with E-state index in [1.807, 2.05) is 0 Å². The summed E-state index contributed by atoms with van der Waals surface area (Å²) in [5.41, 5.74) is -0.0150. The second kappa shape index (κ2) is 6.44. The lowest BCUT2D eigenvalue weighted by Gasteiger charge is -1.91. The Morgan fingerprint density at radius 1 is 1.50 bits per heavy atom. The molecule has 0 aromatic carbocycles. The van der Waals surface area contributed by atoms with E-state index in [1.54, 1.807) is 19.9 Å². The summed E-state index contributed by atoms with van der Waals surface area (Å²) >= 11 is 0. The standard InChI is InChI=1S/C6H6O3.C5H8O2/c1-4-6(8)5(7)2-3-9-4;1-3-4(2)5(6)7/h2-3,8H,1H3;3H,1-2H3,(H,6,7). The third-order valence-electron chi connectivity index (χ3n) is 1.80. The Labute approximate surface area is 92.7 Å². The van der Waals surface area contributed by atoms with Gasteiger partial charge in [0.05, 0.1) is 6.26 Å². The second-order valence-corrected chi connectivity index (χ2v) is 2.97. The fraction of sp³-hybridized carbons (Fsp3) is 0.273. The molecule has 1 aromatic heterocycles. The van der Waals surface area contributed by atoms with Crippen LogP contribution in [0, 0.1) is 6.92 Å². The first-order valence-corrected chi connectivity index (χ1v) is 4.53. The molecule has 0 bridgehead atoms. The number of hydrogen-bond donors (Lipinski definition) is 2. The number of aromatic hydroxyl groups is 1. The molecule has 1 heterocycles. The summed E-state index contributed by atoms with van der Waals surface area (Å²) in [4.78, 5) is 20.4. The molecule has 0 fully saturated rings. The number of rotatable bonds is 1. The summed E-state index contributed by atoms with van der Waals surface area (Å²) in [6.07, 6.45) is 2.81. The minimum Gasteiger partial charge on any atom is -0.502 e. The fourth-order valence-electron chi connectivity index (χ4n) is 0.630. The van der Waals surface area contributed by atoms with Crippen molar-refractivity contribution in [2.24, 2.45) is 0 Å². The lowest BCUT2D eigenvalue weighted by molar-refractivity contribution is -0.132. The third-order valence-corrected chi connectivity index (χ3v) is 1.80. The highest BCUT2D eigenvalue weighted by molar-refractivity contribution is 5.85. The Hall–Kier alpha value is -2.04. The molecule has 5 heteroatoms. The van der Waals surface area contributed by atoms with Crippen molar-refractivity contribution in [3.05, 3.63) is 40.0 Å². The average Bonchev–Trinajstić information content (AvgIpc) is 2.25. The molecule has 0 aliphatic heterocycles. The summed E-state index contributed by atoms with van der Waals surface area (Å²) in [5.74, 6) is -0.900. The summed E-state index contributed by atoms with van der Waals surface area (Å²) < 4.78 is 4.69.